The van der Waals surface area contributed by atoms with Gasteiger partial charge in [0.1, 0.15) is 0 Å². The molecule has 0 bridgehead atoms. The fraction of sp³-hybridized carbons (Fsp3) is 0.176. The van der Waals surface area contributed by atoms with Crippen molar-refractivity contribution < 1.29 is 9.59 Å². The molecule has 0 fully saturated rings. The molecule has 0 radical (unpaired) electrons. The molecule has 0 atom stereocenters. The number of hydrogen-bond donors (Lipinski definition) is 2. The van der Waals surface area contributed by atoms with Crippen LogP contribution in [0.1, 0.15) is 18.1 Å². The van der Waals surface area contributed by atoms with Crippen LogP contribution in [0.5, 0.6) is 0 Å². The molecule has 4 nitrogen and oxygen atoms in total. The highest BCUT2D eigenvalue weighted by Crippen LogP contribution is 2.23. The minimum Gasteiger partial charge on any atom is -0.326 e. The van der Waals surface area contributed by atoms with Gasteiger partial charge in [0.25, 0.3) is 0 Å². The van der Waals surface area contributed by atoms with Gasteiger partial charge in [-0.2, -0.15) is 0 Å². The van der Waals surface area contributed by atoms with Crippen molar-refractivity contribution in [1.29, 1.82) is 0 Å². The summed E-state index contributed by atoms with van der Waals surface area (Å²) in [7, 11) is 0. The van der Waals surface area contributed by atoms with Crippen LogP contribution in [0.4, 0.5) is 11.4 Å². The zero-order chi connectivity index (χ0) is 16.1. The van der Waals surface area contributed by atoms with E-state index >= 15 is 0 Å². The Hall–Kier alpha value is -2.33. The van der Waals surface area contributed by atoms with E-state index in [4.69, 9.17) is 11.6 Å². The minimum absolute atomic E-state index is 0.120. The predicted molar refractivity (Wildman–Crippen MR) is 89.3 cm³/mol. The van der Waals surface area contributed by atoms with E-state index < -0.39 is 0 Å². The summed E-state index contributed by atoms with van der Waals surface area (Å²) < 4.78 is 0. The Morgan fingerprint density at radius 3 is 2.18 bits per heavy atom. The molecule has 2 rings (SSSR count). The lowest BCUT2D eigenvalue weighted by atomic mass is 10.1. The molecule has 5 heteroatoms. The molecule has 0 saturated heterocycles. The molecular weight excluding hydrogens is 300 g/mol. The van der Waals surface area contributed by atoms with Gasteiger partial charge in [-0.05, 0) is 42.3 Å². The summed E-state index contributed by atoms with van der Waals surface area (Å²) in [5.74, 6) is -0.266. The van der Waals surface area contributed by atoms with Crippen LogP contribution in [0.3, 0.4) is 0 Å². The third-order valence-electron chi connectivity index (χ3n) is 3.20. The van der Waals surface area contributed by atoms with Crippen molar-refractivity contribution in [2.45, 2.75) is 20.3 Å². The lowest BCUT2D eigenvalue weighted by Gasteiger charge is -2.12. The quantitative estimate of drug-likeness (QED) is 0.901. The lowest BCUT2D eigenvalue weighted by molar-refractivity contribution is -0.115. The average Bonchev–Trinajstić information content (AvgIpc) is 2.45. The third-order valence-corrected chi connectivity index (χ3v) is 3.45. The van der Waals surface area contributed by atoms with Crippen LogP contribution in [-0.4, -0.2) is 11.8 Å². The lowest BCUT2D eigenvalue weighted by Crippen LogP contribution is -2.16. The van der Waals surface area contributed by atoms with Crippen molar-refractivity contribution >= 4 is 34.8 Å². The Bertz CT molecular complexity index is 696. The van der Waals surface area contributed by atoms with Crippen LogP contribution in [0.15, 0.2) is 42.5 Å². The highest BCUT2D eigenvalue weighted by molar-refractivity contribution is 6.30. The molecule has 2 amide bonds. The van der Waals surface area contributed by atoms with E-state index in [0.717, 1.165) is 11.1 Å². The molecule has 0 spiro atoms. The van der Waals surface area contributed by atoms with Crippen molar-refractivity contribution in [3.8, 4) is 0 Å². The first-order valence-corrected chi connectivity index (χ1v) is 7.25. The maximum Gasteiger partial charge on any atom is 0.228 e. The summed E-state index contributed by atoms with van der Waals surface area (Å²) in [6, 6.07) is 12.5. The molecule has 0 heterocycles. The number of carbonyl (C=O) groups excluding carboxylic acids is 2. The fourth-order valence-electron chi connectivity index (χ4n) is 2.08. The molecule has 0 aliphatic rings. The summed E-state index contributed by atoms with van der Waals surface area (Å²) in [6.45, 7) is 3.30. The second-order valence-electron chi connectivity index (χ2n) is 5.01. The normalized spacial score (nSPS) is 10.1. The van der Waals surface area contributed by atoms with Crippen LogP contribution in [0.2, 0.25) is 5.02 Å². The van der Waals surface area contributed by atoms with Crippen LogP contribution in [0.25, 0.3) is 0 Å². The molecule has 114 valence electrons. The molecule has 0 aliphatic heterocycles. The largest absolute Gasteiger partial charge is 0.326 e. The molecule has 0 aromatic heterocycles. The van der Waals surface area contributed by atoms with E-state index in [0.29, 0.717) is 16.4 Å². The van der Waals surface area contributed by atoms with E-state index in [1.165, 1.54) is 6.92 Å². The van der Waals surface area contributed by atoms with Crippen molar-refractivity contribution in [2.75, 3.05) is 10.6 Å². The van der Waals surface area contributed by atoms with Crippen LogP contribution in [-0.2, 0) is 16.0 Å². The van der Waals surface area contributed by atoms with Gasteiger partial charge >= 0.3 is 0 Å². The van der Waals surface area contributed by atoms with E-state index in [1.807, 2.05) is 19.1 Å². The SMILES string of the molecule is CC(=O)Nc1cccc(NC(=O)Cc2ccc(Cl)cc2)c1C. The summed E-state index contributed by atoms with van der Waals surface area (Å²) in [4.78, 5) is 23.3. The first-order valence-electron chi connectivity index (χ1n) is 6.87. The second-order valence-corrected chi connectivity index (χ2v) is 5.45. The van der Waals surface area contributed by atoms with Crippen molar-refractivity contribution in [3.63, 3.8) is 0 Å². The van der Waals surface area contributed by atoms with Crippen molar-refractivity contribution in [1.82, 2.24) is 0 Å². The van der Waals surface area contributed by atoms with Gasteiger partial charge in [-0.3, -0.25) is 9.59 Å². The van der Waals surface area contributed by atoms with E-state index in [9.17, 15) is 9.59 Å². The van der Waals surface area contributed by atoms with Gasteiger partial charge in [0.2, 0.25) is 11.8 Å². The van der Waals surface area contributed by atoms with Gasteiger partial charge < -0.3 is 10.6 Å². The van der Waals surface area contributed by atoms with E-state index in [-0.39, 0.29) is 18.2 Å². The predicted octanol–water partition coefficient (Wildman–Crippen LogP) is 3.79. The first kappa shape index (κ1) is 16.0. The molecule has 0 unspecified atom stereocenters. The van der Waals surface area contributed by atoms with Crippen molar-refractivity contribution in [2.24, 2.45) is 0 Å². The van der Waals surface area contributed by atoms with Gasteiger partial charge in [-0.25, -0.2) is 0 Å². The van der Waals surface area contributed by atoms with Gasteiger partial charge in [-0.1, -0.05) is 29.8 Å². The summed E-state index contributed by atoms with van der Waals surface area (Å²) in [6.07, 6.45) is 0.265. The summed E-state index contributed by atoms with van der Waals surface area (Å²) in [5.41, 5.74) is 3.08. The maximum atomic E-state index is 12.1. The molecule has 0 saturated carbocycles. The molecule has 2 aromatic carbocycles. The second kappa shape index (κ2) is 7.09. The summed E-state index contributed by atoms with van der Waals surface area (Å²) >= 11 is 5.82. The van der Waals surface area contributed by atoms with Crippen molar-refractivity contribution in [3.05, 3.63) is 58.6 Å². The fourth-order valence-corrected chi connectivity index (χ4v) is 2.20. The first-order chi connectivity index (χ1) is 10.5. The number of carbonyl (C=O) groups is 2. The Kier molecular flexibility index (Phi) is 5.17. The van der Waals surface area contributed by atoms with Gasteiger partial charge in [-0.15, -0.1) is 0 Å². The average molecular weight is 317 g/mol. The molecule has 22 heavy (non-hydrogen) atoms. The standard InChI is InChI=1S/C17H17ClN2O2/c1-11-15(19-12(2)21)4-3-5-16(11)20-17(22)10-13-6-8-14(18)9-7-13/h3-9H,10H2,1-2H3,(H,19,21)(H,20,22). The number of halogens is 1. The number of benzene rings is 2. The smallest absolute Gasteiger partial charge is 0.228 e. The zero-order valence-electron chi connectivity index (χ0n) is 12.4. The Balaban J connectivity index is 2.08. The van der Waals surface area contributed by atoms with Crippen LogP contribution >= 0.6 is 11.6 Å². The van der Waals surface area contributed by atoms with Gasteiger partial charge in [0, 0.05) is 23.3 Å². The van der Waals surface area contributed by atoms with E-state index in [1.54, 1.807) is 30.3 Å². The van der Waals surface area contributed by atoms with Crippen LogP contribution in [0, 0.1) is 6.92 Å². The zero-order valence-corrected chi connectivity index (χ0v) is 13.2. The number of nitrogens with one attached hydrogen (secondary N) is 2. The molecular formula is C17H17ClN2O2. The maximum absolute atomic E-state index is 12.1. The molecule has 0 aliphatic carbocycles. The minimum atomic E-state index is -0.146. The monoisotopic (exact) mass is 316 g/mol. The van der Waals surface area contributed by atoms with Crippen LogP contribution < -0.4 is 10.6 Å². The Labute approximate surface area is 134 Å². The number of hydrogen-bond acceptors (Lipinski definition) is 2. The number of amides is 2. The van der Waals surface area contributed by atoms with E-state index in [2.05, 4.69) is 10.6 Å². The highest BCUT2D eigenvalue weighted by atomic mass is 35.5. The molecule has 2 N–H and O–H groups in total. The van der Waals surface area contributed by atoms with Gasteiger partial charge in [0.05, 0.1) is 6.42 Å². The number of rotatable bonds is 4. The third kappa shape index (κ3) is 4.33. The Morgan fingerprint density at radius 1 is 1.00 bits per heavy atom. The topological polar surface area (TPSA) is 58.2 Å². The van der Waals surface area contributed by atoms with Gasteiger partial charge in [0.15, 0.2) is 0 Å². The molecule has 2 aromatic rings. The number of anilines is 2. The highest BCUT2D eigenvalue weighted by Gasteiger charge is 2.09. The Morgan fingerprint density at radius 2 is 1.59 bits per heavy atom. The summed E-state index contributed by atoms with van der Waals surface area (Å²) in [5, 5.41) is 6.24.